The lowest BCUT2D eigenvalue weighted by Crippen LogP contribution is -2.04. The molecule has 8 heteroatoms. The van der Waals surface area contributed by atoms with Gasteiger partial charge in [0.05, 0.1) is 16.3 Å². The van der Waals surface area contributed by atoms with Gasteiger partial charge in [0.25, 0.3) is 5.69 Å². The van der Waals surface area contributed by atoms with Crippen LogP contribution in [0.15, 0.2) is 18.2 Å². The zero-order valence-corrected chi connectivity index (χ0v) is 11.4. The molecule has 20 heavy (non-hydrogen) atoms. The molecular formula is C12H11ClN4O3. The van der Waals surface area contributed by atoms with E-state index in [0.29, 0.717) is 24.1 Å². The minimum atomic E-state index is -0.567. The van der Waals surface area contributed by atoms with E-state index in [9.17, 15) is 14.9 Å². The molecule has 0 saturated heterocycles. The van der Waals surface area contributed by atoms with Crippen molar-refractivity contribution in [2.45, 2.75) is 19.8 Å². The Balaban J connectivity index is 2.56. The molecule has 0 bridgehead atoms. The van der Waals surface area contributed by atoms with Gasteiger partial charge in [0.1, 0.15) is 10.7 Å². The molecule has 0 spiro atoms. The van der Waals surface area contributed by atoms with E-state index < -0.39 is 4.92 Å². The Labute approximate surface area is 119 Å². The first-order chi connectivity index (χ1) is 9.58. The quantitative estimate of drug-likeness (QED) is 0.480. The van der Waals surface area contributed by atoms with E-state index in [1.54, 1.807) is 6.07 Å². The largest absolute Gasteiger partial charge is 0.296 e. The Hall–Kier alpha value is -2.28. The van der Waals surface area contributed by atoms with Gasteiger partial charge in [-0.1, -0.05) is 30.2 Å². The third-order valence-corrected chi connectivity index (χ3v) is 3.08. The number of halogens is 1. The number of rotatable bonds is 5. The Kier molecular flexibility index (Phi) is 4.09. The fourth-order valence-corrected chi connectivity index (χ4v) is 2.04. The molecule has 0 atom stereocenters. The molecule has 1 aromatic heterocycles. The summed E-state index contributed by atoms with van der Waals surface area (Å²) in [6.07, 6.45) is 2.01. The number of hydrogen-bond acceptors (Lipinski definition) is 5. The van der Waals surface area contributed by atoms with Gasteiger partial charge in [0.2, 0.25) is 0 Å². The molecule has 7 nitrogen and oxygen atoms in total. The number of aromatic nitrogens is 3. The van der Waals surface area contributed by atoms with Gasteiger partial charge < -0.3 is 0 Å². The van der Waals surface area contributed by atoms with Gasteiger partial charge in [-0.2, -0.15) is 0 Å². The number of nitro benzene ring substituents is 1. The van der Waals surface area contributed by atoms with Crippen molar-refractivity contribution < 1.29 is 9.72 Å². The molecule has 0 N–H and O–H groups in total. The smallest absolute Gasteiger partial charge is 0.290 e. The highest BCUT2D eigenvalue weighted by Crippen LogP contribution is 2.27. The zero-order valence-electron chi connectivity index (χ0n) is 10.6. The monoisotopic (exact) mass is 294 g/mol. The molecule has 104 valence electrons. The van der Waals surface area contributed by atoms with Crippen molar-refractivity contribution in [1.29, 1.82) is 0 Å². The summed E-state index contributed by atoms with van der Waals surface area (Å²) in [6, 6.07) is 4.33. The highest BCUT2D eigenvalue weighted by Gasteiger charge is 2.17. The van der Waals surface area contributed by atoms with E-state index in [0.717, 1.165) is 6.42 Å². The van der Waals surface area contributed by atoms with E-state index >= 15 is 0 Å². The van der Waals surface area contributed by atoms with Crippen molar-refractivity contribution in [2.75, 3.05) is 0 Å². The number of carbonyl (C=O) groups excluding carboxylic acids is 1. The summed E-state index contributed by atoms with van der Waals surface area (Å²) in [5.41, 5.74) is 1.10. The number of aldehydes is 1. The molecular weight excluding hydrogens is 284 g/mol. The van der Waals surface area contributed by atoms with Crippen molar-refractivity contribution in [2.24, 2.45) is 0 Å². The highest BCUT2D eigenvalue weighted by atomic mass is 35.5. The van der Waals surface area contributed by atoms with Crippen LogP contribution in [0, 0.1) is 10.1 Å². The summed E-state index contributed by atoms with van der Waals surface area (Å²) in [5, 5.41) is 18.6. The van der Waals surface area contributed by atoms with Gasteiger partial charge in [0, 0.05) is 6.07 Å². The van der Waals surface area contributed by atoms with Gasteiger partial charge in [-0.15, -0.1) is 5.10 Å². The van der Waals surface area contributed by atoms with Crippen LogP contribution in [0.2, 0.25) is 5.02 Å². The molecule has 0 unspecified atom stereocenters. The summed E-state index contributed by atoms with van der Waals surface area (Å²) in [5.74, 6) is 0. The van der Waals surface area contributed by atoms with Crippen LogP contribution in [0.3, 0.4) is 0 Å². The minimum absolute atomic E-state index is 0.0477. The maximum absolute atomic E-state index is 10.9. The van der Waals surface area contributed by atoms with Gasteiger partial charge >= 0.3 is 0 Å². The molecule has 0 saturated carbocycles. The maximum Gasteiger partial charge on any atom is 0.290 e. The average Bonchev–Trinajstić information content (AvgIpc) is 2.82. The second kappa shape index (κ2) is 5.79. The van der Waals surface area contributed by atoms with Crippen molar-refractivity contribution in [3.8, 4) is 5.69 Å². The number of benzene rings is 1. The Bertz CT molecular complexity index is 669. The molecule has 2 aromatic rings. The summed E-state index contributed by atoms with van der Waals surface area (Å²) < 4.78 is 1.43. The predicted octanol–water partition coefficient (Wildman–Crippen LogP) is 2.59. The van der Waals surface area contributed by atoms with Crippen molar-refractivity contribution in [3.63, 3.8) is 0 Å². The fraction of sp³-hybridized carbons (Fsp3) is 0.250. The van der Waals surface area contributed by atoms with E-state index in [-0.39, 0.29) is 16.4 Å². The molecule has 1 heterocycles. The molecule has 0 aliphatic rings. The molecule has 0 aliphatic carbocycles. The lowest BCUT2D eigenvalue weighted by molar-refractivity contribution is -0.384. The summed E-state index contributed by atoms with van der Waals surface area (Å²) >= 11 is 5.77. The van der Waals surface area contributed by atoms with Crippen molar-refractivity contribution in [3.05, 3.63) is 44.7 Å². The summed E-state index contributed by atoms with van der Waals surface area (Å²) in [7, 11) is 0. The second-order valence-electron chi connectivity index (χ2n) is 4.09. The van der Waals surface area contributed by atoms with Gasteiger partial charge in [0.15, 0.2) is 6.29 Å². The average molecular weight is 295 g/mol. The van der Waals surface area contributed by atoms with Crippen LogP contribution < -0.4 is 0 Å². The van der Waals surface area contributed by atoms with Crippen LogP contribution in [-0.4, -0.2) is 26.2 Å². The Morgan fingerprint density at radius 3 is 2.85 bits per heavy atom. The van der Waals surface area contributed by atoms with E-state index in [1.165, 1.54) is 16.8 Å². The van der Waals surface area contributed by atoms with Gasteiger partial charge in [-0.05, 0) is 18.6 Å². The third-order valence-electron chi connectivity index (χ3n) is 2.76. The topological polar surface area (TPSA) is 90.9 Å². The number of carbonyl (C=O) groups is 1. The lowest BCUT2D eigenvalue weighted by atomic mass is 10.2. The first-order valence-corrected chi connectivity index (χ1v) is 6.30. The minimum Gasteiger partial charge on any atom is -0.296 e. The Morgan fingerprint density at radius 2 is 2.25 bits per heavy atom. The molecule has 0 amide bonds. The molecule has 2 rings (SSSR count). The number of nitrogens with zero attached hydrogens (tertiary/aromatic N) is 4. The van der Waals surface area contributed by atoms with E-state index in [1.807, 2.05) is 6.92 Å². The summed E-state index contributed by atoms with van der Waals surface area (Å²) in [6.45, 7) is 1.95. The number of nitro groups is 1. The van der Waals surface area contributed by atoms with Crippen molar-refractivity contribution in [1.82, 2.24) is 15.0 Å². The molecule has 0 fully saturated rings. The standard InChI is InChI=1S/C12H11ClN4O3/c1-2-3-11-10(7-18)14-15-16(11)8-4-5-9(13)12(6-8)17(19)20/h4-7H,2-3H2,1H3. The van der Waals surface area contributed by atoms with E-state index in [2.05, 4.69) is 10.3 Å². The predicted molar refractivity (Wildman–Crippen MR) is 72.4 cm³/mol. The molecule has 0 aliphatic heterocycles. The van der Waals surface area contributed by atoms with Crippen LogP contribution in [0.1, 0.15) is 29.5 Å². The fourth-order valence-electron chi connectivity index (χ4n) is 1.86. The maximum atomic E-state index is 10.9. The van der Waals surface area contributed by atoms with Crippen LogP contribution in [0.5, 0.6) is 0 Å². The highest BCUT2D eigenvalue weighted by molar-refractivity contribution is 6.32. The Morgan fingerprint density at radius 1 is 1.50 bits per heavy atom. The molecule has 0 radical (unpaired) electrons. The molecule has 1 aromatic carbocycles. The third kappa shape index (κ3) is 2.53. The first kappa shape index (κ1) is 14.1. The zero-order chi connectivity index (χ0) is 14.7. The summed E-state index contributed by atoms with van der Waals surface area (Å²) in [4.78, 5) is 21.3. The van der Waals surface area contributed by atoms with Crippen LogP contribution in [0.25, 0.3) is 5.69 Å². The lowest BCUT2D eigenvalue weighted by Gasteiger charge is -2.06. The first-order valence-electron chi connectivity index (χ1n) is 5.92. The second-order valence-corrected chi connectivity index (χ2v) is 4.50. The van der Waals surface area contributed by atoms with Gasteiger partial charge in [-0.3, -0.25) is 14.9 Å². The normalized spacial score (nSPS) is 10.5. The van der Waals surface area contributed by atoms with E-state index in [4.69, 9.17) is 11.6 Å². The van der Waals surface area contributed by atoms with Gasteiger partial charge in [-0.25, -0.2) is 4.68 Å². The van der Waals surface area contributed by atoms with Crippen LogP contribution in [0.4, 0.5) is 5.69 Å². The SMILES string of the molecule is CCCc1c(C=O)nnn1-c1ccc(Cl)c([N+](=O)[O-])c1. The van der Waals surface area contributed by atoms with Crippen LogP contribution in [-0.2, 0) is 6.42 Å². The van der Waals surface area contributed by atoms with Crippen LogP contribution >= 0.6 is 11.6 Å². The number of hydrogen-bond donors (Lipinski definition) is 0. The van der Waals surface area contributed by atoms with Crippen molar-refractivity contribution >= 4 is 23.6 Å².